The van der Waals surface area contributed by atoms with Crippen LogP contribution in [0.4, 0.5) is 0 Å². The predicted octanol–water partition coefficient (Wildman–Crippen LogP) is 5.13. The fourth-order valence-corrected chi connectivity index (χ4v) is 2.30. The van der Waals surface area contributed by atoms with Gasteiger partial charge in [0.2, 0.25) is 0 Å². The van der Waals surface area contributed by atoms with Crippen molar-refractivity contribution in [2.75, 3.05) is 14.2 Å². The van der Waals surface area contributed by atoms with Crippen molar-refractivity contribution in [1.82, 2.24) is 0 Å². The summed E-state index contributed by atoms with van der Waals surface area (Å²) in [5.41, 5.74) is 0. The van der Waals surface area contributed by atoms with Crippen molar-refractivity contribution >= 4 is 11.9 Å². The topological polar surface area (TPSA) is 52.6 Å². The summed E-state index contributed by atoms with van der Waals surface area (Å²) in [4.78, 5) is 21.8. The van der Waals surface area contributed by atoms with Crippen LogP contribution in [0.3, 0.4) is 0 Å². The van der Waals surface area contributed by atoms with Gasteiger partial charge < -0.3 is 9.47 Å². The number of carbonyl (C=O) groups excluding carboxylic acids is 2. The summed E-state index contributed by atoms with van der Waals surface area (Å²) < 4.78 is 9.21. The van der Waals surface area contributed by atoms with E-state index in [1.54, 1.807) is 0 Å². The Bertz CT molecular complexity index is 372. The van der Waals surface area contributed by atoms with E-state index in [-0.39, 0.29) is 11.9 Å². The van der Waals surface area contributed by atoms with Gasteiger partial charge >= 0.3 is 11.9 Å². The molecule has 0 aromatic rings. The van der Waals surface area contributed by atoms with Crippen LogP contribution >= 0.6 is 0 Å². The minimum atomic E-state index is -0.120. The standard InChI is InChI=1S/C20H34O4/c1-23-19(21)17-15-13-11-9-7-5-3-4-6-8-10-12-14-16-18-20(22)24-2/h3-4,7,9H,5-6,8,10-18H2,1-2H3. The Hall–Kier alpha value is -1.58. The first-order valence-electron chi connectivity index (χ1n) is 9.14. The van der Waals surface area contributed by atoms with Gasteiger partial charge in [-0.1, -0.05) is 43.6 Å². The summed E-state index contributed by atoms with van der Waals surface area (Å²) in [6.07, 6.45) is 20.6. The molecule has 0 heterocycles. The highest BCUT2D eigenvalue weighted by Gasteiger charge is 1.98. The molecular weight excluding hydrogens is 304 g/mol. The number of methoxy groups -OCH3 is 2. The first-order valence-corrected chi connectivity index (χ1v) is 9.14. The van der Waals surface area contributed by atoms with Gasteiger partial charge in [0.05, 0.1) is 14.2 Å². The Morgan fingerprint density at radius 1 is 0.625 bits per heavy atom. The largest absolute Gasteiger partial charge is 0.469 e. The van der Waals surface area contributed by atoms with Crippen LogP contribution in [0.5, 0.6) is 0 Å². The van der Waals surface area contributed by atoms with Gasteiger partial charge in [-0.2, -0.15) is 0 Å². The fourth-order valence-electron chi connectivity index (χ4n) is 2.30. The molecule has 0 spiro atoms. The number of hydrogen-bond acceptors (Lipinski definition) is 4. The molecule has 0 aliphatic heterocycles. The lowest BCUT2D eigenvalue weighted by atomic mass is 10.1. The van der Waals surface area contributed by atoms with Crippen LogP contribution in [0.25, 0.3) is 0 Å². The molecule has 0 aliphatic carbocycles. The third kappa shape index (κ3) is 16.8. The lowest BCUT2D eigenvalue weighted by Crippen LogP contribution is -1.98. The molecule has 0 radical (unpaired) electrons. The lowest BCUT2D eigenvalue weighted by Gasteiger charge is -2.00. The van der Waals surface area contributed by atoms with Crippen LogP contribution in [-0.4, -0.2) is 26.2 Å². The second kappa shape index (κ2) is 17.8. The molecule has 0 amide bonds. The van der Waals surface area contributed by atoms with Gasteiger partial charge in [-0.25, -0.2) is 0 Å². The Balaban J connectivity index is 3.27. The minimum Gasteiger partial charge on any atom is -0.469 e. The fraction of sp³-hybridized carbons (Fsp3) is 0.700. The van der Waals surface area contributed by atoms with Crippen LogP contribution in [0, 0.1) is 0 Å². The van der Waals surface area contributed by atoms with Crippen molar-refractivity contribution in [3.05, 3.63) is 24.3 Å². The molecule has 4 nitrogen and oxygen atoms in total. The Labute approximate surface area is 147 Å². The highest BCUT2D eigenvalue weighted by atomic mass is 16.5. The van der Waals surface area contributed by atoms with E-state index in [2.05, 4.69) is 33.8 Å². The van der Waals surface area contributed by atoms with E-state index >= 15 is 0 Å². The van der Waals surface area contributed by atoms with E-state index in [4.69, 9.17) is 0 Å². The minimum absolute atomic E-state index is 0.102. The number of carbonyl (C=O) groups is 2. The molecule has 0 N–H and O–H groups in total. The van der Waals surface area contributed by atoms with Gasteiger partial charge in [-0.05, 0) is 44.9 Å². The molecule has 0 aliphatic rings. The zero-order valence-corrected chi connectivity index (χ0v) is 15.4. The summed E-state index contributed by atoms with van der Waals surface area (Å²) in [7, 11) is 2.87. The number of hydrogen-bond donors (Lipinski definition) is 0. The number of ether oxygens (including phenoxy) is 2. The maximum absolute atomic E-state index is 10.9. The van der Waals surface area contributed by atoms with Crippen molar-refractivity contribution in [3.63, 3.8) is 0 Å². The summed E-state index contributed by atoms with van der Waals surface area (Å²) >= 11 is 0. The van der Waals surface area contributed by atoms with Crippen LogP contribution < -0.4 is 0 Å². The van der Waals surface area contributed by atoms with E-state index < -0.39 is 0 Å². The van der Waals surface area contributed by atoms with Gasteiger partial charge in [0.25, 0.3) is 0 Å². The first-order chi connectivity index (χ1) is 11.7. The molecule has 0 atom stereocenters. The maximum Gasteiger partial charge on any atom is 0.305 e. The molecule has 0 aromatic carbocycles. The quantitative estimate of drug-likeness (QED) is 0.236. The van der Waals surface area contributed by atoms with Crippen molar-refractivity contribution < 1.29 is 19.1 Å². The molecule has 0 saturated carbocycles. The highest BCUT2D eigenvalue weighted by Crippen LogP contribution is 2.08. The summed E-state index contributed by atoms with van der Waals surface area (Å²) in [6, 6.07) is 0. The number of unbranched alkanes of at least 4 members (excludes halogenated alkanes) is 7. The monoisotopic (exact) mass is 338 g/mol. The Morgan fingerprint density at radius 2 is 1.04 bits per heavy atom. The zero-order valence-electron chi connectivity index (χ0n) is 15.4. The van der Waals surface area contributed by atoms with Crippen LogP contribution in [0.1, 0.15) is 77.0 Å². The van der Waals surface area contributed by atoms with Crippen LogP contribution in [-0.2, 0) is 19.1 Å². The molecular formula is C20H34O4. The van der Waals surface area contributed by atoms with Gasteiger partial charge in [-0.15, -0.1) is 0 Å². The van der Waals surface area contributed by atoms with Gasteiger partial charge in [0, 0.05) is 12.8 Å². The molecule has 4 heteroatoms. The molecule has 0 aromatic heterocycles. The van der Waals surface area contributed by atoms with Crippen molar-refractivity contribution in [2.45, 2.75) is 77.0 Å². The van der Waals surface area contributed by atoms with E-state index in [0.29, 0.717) is 12.8 Å². The molecule has 138 valence electrons. The molecule has 0 rings (SSSR count). The predicted molar refractivity (Wildman–Crippen MR) is 97.7 cm³/mol. The lowest BCUT2D eigenvalue weighted by molar-refractivity contribution is -0.141. The maximum atomic E-state index is 10.9. The first kappa shape index (κ1) is 22.4. The Kier molecular flexibility index (Phi) is 16.6. The van der Waals surface area contributed by atoms with Crippen molar-refractivity contribution in [2.24, 2.45) is 0 Å². The van der Waals surface area contributed by atoms with E-state index in [1.165, 1.54) is 33.5 Å². The van der Waals surface area contributed by atoms with E-state index in [9.17, 15) is 9.59 Å². The number of esters is 2. The molecule has 24 heavy (non-hydrogen) atoms. The molecule has 0 saturated heterocycles. The normalized spacial score (nSPS) is 11.2. The Morgan fingerprint density at radius 3 is 1.58 bits per heavy atom. The second-order valence-corrected chi connectivity index (χ2v) is 5.88. The smallest absolute Gasteiger partial charge is 0.305 e. The van der Waals surface area contributed by atoms with Gasteiger partial charge in [0.15, 0.2) is 0 Å². The summed E-state index contributed by atoms with van der Waals surface area (Å²) in [5.74, 6) is -0.222. The second-order valence-electron chi connectivity index (χ2n) is 5.88. The highest BCUT2D eigenvalue weighted by molar-refractivity contribution is 5.69. The molecule has 0 bridgehead atoms. The number of allylic oxidation sites excluding steroid dienone is 4. The third-order valence-corrected chi connectivity index (χ3v) is 3.81. The number of rotatable bonds is 15. The van der Waals surface area contributed by atoms with E-state index in [1.807, 2.05) is 0 Å². The zero-order chi connectivity index (χ0) is 17.9. The molecule has 0 unspecified atom stereocenters. The SMILES string of the molecule is COC(=O)CCCCC=CCC=CCCCCCCCC(=O)OC. The van der Waals surface area contributed by atoms with E-state index in [0.717, 1.165) is 44.9 Å². The van der Waals surface area contributed by atoms with Crippen molar-refractivity contribution in [3.8, 4) is 0 Å². The van der Waals surface area contributed by atoms with Crippen LogP contribution in [0.15, 0.2) is 24.3 Å². The van der Waals surface area contributed by atoms with Crippen molar-refractivity contribution in [1.29, 1.82) is 0 Å². The van der Waals surface area contributed by atoms with Gasteiger partial charge in [-0.3, -0.25) is 9.59 Å². The third-order valence-electron chi connectivity index (χ3n) is 3.81. The average Bonchev–Trinajstić information content (AvgIpc) is 2.60. The summed E-state index contributed by atoms with van der Waals surface area (Å²) in [5, 5.41) is 0. The van der Waals surface area contributed by atoms with Crippen LogP contribution in [0.2, 0.25) is 0 Å². The molecule has 0 fully saturated rings. The van der Waals surface area contributed by atoms with Gasteiger partial charge in [0.1, 0.15) is 0 Å². The average molecular weight is 338 g/mol. The summed E-state index contributed by atoms with van der Waals surface area (Å²) in [6.45, 7) is 0.